The first kappa shape index (κ1) is 16.5. The number of phenols is 1. The number of hydrogen-bond donors (Lipinski definition) is 1. The van der Waals surface area contributed by atoms with Crippen LogP contribution in [0.15, 0.2) is 30.3 Å². The van der Waals surface area contributed by atoms with Gasteiger partial charge in [0, 0.05) is 0 Å². The van der Waals surface area contributed by atoms with E-state index < -0.39 is 0 Å². The molecular formula is C20H25N3O. The van der Waals surface area contributed by atoms with Crippen molar-refractivity contribution in [1.29, 1.82) is 0 Å². The molecule has 24 heavy (non-hydrogen) atoms. The van der Waals surface area contributed by atoms with E-state index in [1.165, 1.54) is 24.0 Å². The molecule has 0 fully saturated rings. The molecule has 126 valence electrons. The van der Waals surface area contributed by atoms with Crippen molar-refractivity contribution in [2.24, 2.45) is 0 Å². The molecule has 0 spiro atoms. The fourth-order valence-electron chi connectivity index (χ4n) is 2.97. The fourth-order valence-corrected chi connectivity index (χ4v) is 2.97. The zero-order valence-corrected chi connectivity index (χ0v) is 14.7. The van der Waals surface area contributed by atoms with Crippen molar-refractivity contribution in [3.63, 3.8) is 0 Å². The van der Waals surface area contributed by atoms with Crippen LogP contribution in [0.3, 0.4) is 0 Å². The van der Waals surface area contributed by atoms with Gasteiger partial charge in [-0.25, -0.2) is 0 Å². The van der Waals surface area contributed by atoms with Gasteiger partial charge < -0.3 is 5.11 Å². The van der Waals surface area contributed by atoms with E-state index in [1.54, 1.807) is 4.80 Å². The second kappa shape index (κ2) is 7.04. The molecule has 4 heteroatoms. The first-order valence-corrected chi connectivity index (χ1v) is 8.87. The summed E-state index contributed by atoms with van der Waals surface area (Å²) in [7, 11) is 0. The van der Waals surface area contributed by atoms with E-state index in [9.17, 15) is 5.11 Å². The number of nitrogens with zero attached hydrogens (tertiary/aromatic N) is 3. The summed E-state index contributed by atoms with van der Waals surface area (Å²) in [5, 5.41) is 19.7. The van der Waals surface area contributed by atoms with Crippen molar-refractivity contribution in [2.45, 2.75) is 52.9 Å². The van der Waals surface area contributed by atoms with Crippen molar-refractivity contribution >= 4 is 11.0 Å². The molecule has 0 radical (unpaired) electrons. The molecule has 0 saturated heterocycles. The topological polar surface area (TPSA) is 50.9 Å². The number of rotatable bonds is 6. The zero-order valence-electron chi connectivity index (χ0n) is 14.7. The van der Waals surface area contributed by atoms with Crippen LogP contribution in [0.4, 0.5) is 0 Å². The summed E-state index contributed by atoms with van der Waals surface area (Å²) in [6, 6.07) is 10.3. The maximum atomic E-state index is 10.6. The highest BCUT2D eigenvalue weighted by atomic mass is 16.3. The Hall–Kier alpha value is -2.36. The molecule has 3 rings (SSSR count). The van der Waals surface area contributed by atoms with E-state index in [-0.39, 0.29) is 5.75 Å². The summed E-state index contributed by atoms with van der Waals surface area (Å²) < 4.78 is 0. The Bertz CT molecular complexity index is 851. The van der Waals surface area contributed by atoms with Gasteiger partial charge in [-0.3, -0.25) is 0 Å². The lowest BCUT2D eigenvalue weighted by Crippen LogP contribution is -2.02. The van der Waals surface area contributed by atoms with E-state index >= 15 is 0 Å². The number of unbranched alkanes of at least 4 members (excludes halogenated alkanes) is 1. The number of aryl methyl sites for hydroxylation is 3. The lowest BCUT2D eigenvalue weighted by Gasteiger charge is -2.10. The quantitative estimate of drug-likeness (QED) is 0.721. The summed E-state index contributed by atoms with van der Waals surface area (Å²) in [6.45, 7) is 6.36. The van der Waals surface area contributed by atoms with Gasteiger partial charge in [0.25, 0.3) is 0 Å². The van der Waals surface area contributed by atoms with Crippen molar-refractivity contribution < 1.29 is 5.11 Å². The number of aromatic nitrogens is 3. The average molecular weight is 323 g/mol. The molecule has 0 atom stereocenters. The summed E-state index contributed by atoms with van der Waals surface area (Å²) in [5.74, 6) is 0.279. The van der Waals surface area contributed by atoms with Crippen molar-refractivity contribution in [2.75, 3.05) is 0 Å². The van der Waals surface area contributed by atoms with Gasteiger partial charge in [0.15, 0.2) is 0 Å². The first-order valence-electron chi connectivity index (χ1n) is 8.87. The number of phenolic OH excluding ortho intramolecular Hbond substituents is 1. The Labute approximate surface area is 143 Å². The Balaban J connectivity index is 2.06. The monoisotopic (exact) mass is 323 g/mol. The van der Waals surface area contributed by atoms with E-state index in [1.807, 2.05) is 19.1 Å². The van der Waals surface area contributed by atoms with Crippen LogP contribution >= 0.6 is 0 Å². The summed E-state index contributed by atoms with van der Waals surface area (Å²) in [5.41, 5.74) is 5.81. The maximum Gasteiger partial charge on any atom is 0.146 e. The molecule has 3 aromatic rings. The molecule has 1 heterocycles. The molecule has 0 aliphatic heterocycles. The Morgan fingerprint density at radius 2 is 1.71 bits per heavy atom. The van der Waals surface area contributed by atoms with Crippen LogP contribution in [0, 0.1) is 0 Å². The third kappa shape index (κ3) is 3.14. The number of aromatic hydroxyl groups is 1. The molecule has 0 amide bonds. The zero-order chi connectivity index (χ0) is 17.1. The number of fused-ring (bicyclic) bond motifs is 1. The van der Waals surface area contributed by atoms with Crippen molar-refractivity contribution in [1.82, 2.24) is 15.0 Å². The number of benzene rings is 2. The van der Waals surface area contributed by atoms with Gasteiger partial charge >= 0.3 is 0 Å². The molecule has 0 unspecified atom stereocenters. The predicted octanol–water partition coefficient (Wildman–Crippen LogP) is 4.59. The molecule has 0 aliphatic rings. The highest BCUT2D eigenvalue weighted by Crippen LogP contribution is 2.29. The largest absolute Gasteiger partial charge is 0.505 e. The van der Waals surface area contributed by atoms with Crippen LogP contribution in [0.2, 0.25) is 0 Å². The normalized spacial score (nSPS) is 11.3. The predicted molar refractivity (Wildman–Crippen MR) is 97.9 cm³/mol. The van der Waals surface area contributed by atoms with E-state index in [0.29, 0.717) is 5.69 Å². The second-order valence-corrected chi connectivity index (χ2v) is 6.25. The third-order valence-electron chi connectivity index (χ3n) is 4.50. The van der Waals surface area contributed by atoms with Gasteiger partial charge in [-0.1, -0.05) is 39.3 Å². The Morgan fingerprint density at radius 3 is 2.42 bits per heavy atom. The van der Waals surface area contributed by atoms with Gasteiger partial charge in [0.05, 0.1) is 0 Å². The molecule has 2 aromatic carbocycles. The summed E-state index contributed by atoms with van der Waals surface area (Å²) in [4.78, 5) is 1.57. The van der Waals surface area contributed by atoms with Crippen LogP contribution in [-0.2, 0) is 19.3 Å². The minimum absolute atomic E-state index is 0.279. The Morgan fingerprint density at radius 1 is 0.917 bits per heavy atom. The first-order chi connectivity index (χ1) is 11.7. The van der Waals surface area contributed by atoms with Gasteiger partial charge in [0.2, 0.25) is 0 Å². The minimum atomic E-state index is 0.279. The second-order valence-electron chi connectivity index (χ2n) is 6.25. The lowest BCUT2D eigenvalue weighted by molar-refractivity contribution is 0.461. The van der Waals surface area contributed by atoms with Crippen molar-refractivity contribution in [3.05, 3.63) is 47.0 Å². The highest BCUT2D eigenvalue weighted by Gasteiger charge is 2.13. The van der Waals surface area contributed by atoms with E-state index in [2.05, 4.69) is 42.2 Å². The molecular weight excluding hydrogens is 298 g/mol. The molecule has 0 bridgehead atoms. The van der Waals surface area contributed by atoms with Gasteiger partial charge in [-0.15, -0.1) is 15.0 Å². The van der Waals surface area contributed by atoms with Gasteiger partial charge in [0.1, 0.15) is 22.5 Å². The molecule has 4 nitrogen and oxygen atoms in total. The molecule has 0 aliphatic carbocycles. The lowest BCUT2D eigenvalue weighted by atomic mass is 10.0. The minimum Gasteiger partial charge on any atom is -0.505 e. The van der Waals surface area contributed by atoms with E-state index in [0.717, 1.165) is 35.9 Å². The number of hydrogen-bond acceptors (Lipinski definition) is 3. The van der Waals surface area contributed by atoms with Crippen LogP contribution in [0.1, 0.15) is 50.3 Å². The summed E-state index contributed by atoms with van der Waals surface area (Å²) in [6.07, 6.45) is 5.13. The van der Waals surface area contributed by atoms with Crippen LogP contribution in [0.5, 0.6) is 5.75 Å². The van der Waals surface area contributed by atoms with Crippen LogP contribution < -0.4 is 0 Å². The maximum absolute atomic E-state index is 10.6. The van der Waals surface area contributed by atoms with Gasteiger partial charge in [-0.2, -0.15) is 0 Å². The fraction of sp³-hybridized carbons (Fsp3) is 0.400. The molecule has 0 saturated carbocycles. The summed E-state index contributed by atoms with van der Waals surface area (Å²) >= 11 is 0. The third-order valence-corrected chi connectivity index (χ3v) is 4.50. The van der Waals surface area contributed by atoms with Gasteiger partial charge in [-0.05, 0) is 60.6 Å². The molecule has 1 aromatic heterocycles. The van der Waals surface area contributed by atoms with E-state index in [4.69, 9.17) is 0 Å². The Kier molecular flexibility index (Phi) is 4.84. The van der Waals surface area contributed by atoms with Crippen molar-refractivity contribution in [3.8, 4) is 11.4 Å². The molecule has 1 N–H and O–H groups in total. The highest BCUT2D eigenvalue weighted by molar-refractivity contribution is 5.75. The van der Waals surface area contributed by atoms with Crippen LogP contribution in [0.25, 0.3) is 16.7 Å². The SMILES string of the molecule is CCCCc1ccc2nn(-c3cc(CC)cc(CC)c3O)nc2c1. The van der Waals surface area contributed by atoms with Crippen LogP contribution in [-0.4, -0.2) is 20.1 Å². The smallest absolute Gasteiger partial charge is 0.146 e. The standard InChI is InChI=1S/C20H25N3O/c1-4-7-8-15-9-10-17-18(12-15)22-23(21-17)19-13-14(5-2)11-16(6-3)20(19)24/h9-13,24H,4-8H2,1-3H3. The average Bonchev–Trinajstić information content (AvgIpc) is 3.03.